The van der Waals surface area contributed by atoms with E-state index in [0.29, 0.717) is 36.4 Å². The molecule has 0 bridgehead atoms. The number of carbonyl (C=O) groups excluding carboxylic acids is 1. The zero-order chi connectivity index (χ0) is 96.9. The number of hydrogen-bond donors (Lipinski definition) is 5. The zero-order valence-electron chi connectivity index (χ0n) is 81.3. The molecule has 22 rings (SSSR count). The molecule has 1 aliphatic carbocycles. The molecular formula is C105H115Cl2FN20O3S6. The Bertz CT molecular complexity index is 7740. The molecule has 4 aliphatic rings. The molecule has 3 aromatic carbocycles. The summed E-state index contributed by atoms with van der Waals surface area (Å²) in [5.41, 5.74) is 23.2. The number of aromatic nitrogens is 12. The number of pyridine rings is 6. The van der Waals surface area contributed by atoms with Gasteiger partial charge < -0.3 is 36.1 Å². The van der Waals surface area contributed by atoms with Gasteiger partial charge in [0.15, 0.2) is 17.5 Å². The number of thiophene rings is 6. The van der Waals surface area contributed by atoms with Crippen LogP contribution in [-0.2, 0) is 69.9 Å². The highest BCUT2D eigenvalue weighted by Gasteiger charge is 2.32. The highest BCUT2D eigenvalue weighted by Crippen LogP contribution is 2.46. The van der Waals surface area contributed by atoms with E-state index < -0.39 is 5.60 Å². The van der Waals surface area contributed by atoms with Crippen molar-refractivity contribution < 1.29 is 18.7 Å². The first-order chi connectivity index (χ1) is 65.6. The molecule has 3 aliphatic heterocycles. The summed E-state index contributed by atoms with van der Waals surface area (Å²) in [5.74, 6) is 6.41. The number of aliphatic imine (C=N–C) groups is 3. The molecule has 0 radical (unpaired) electrons. The van der Waals surface area contributed by atoms with Gasteiger partial charge in [0.25, 0.3) is 0 Å². The van der Waals surface area contributed by atoms with Crippen molar-refractivity contribution >= 4 is 224 Å². The summed E-state index contributed by atoms with van der Waals surface area (Å²) in [5, 5.41) is 40.0. The Kier molecular flexibility index (Phi) is 29.0. The lowest BCUT2D eigenvalue weighted by molar-refractivity contribution is -0.156. The van der Waals surface area contributed by atoms with Gasteiger partial charge in [0.05, 0.1) is 93.5 Å². The van der Waals surface area contributed by atoms with Crippen LogP contribution in [0, 0.1) is 93.8 Å². The summed E-state index contributed by atoms with van der Waals surface area (Å²) in [6.07, 6.45) is 5.95. The normalized spacial score (nSPS) is 14.3. The monoisotopic (exact) mass is 1980 g/mol. The number of nitrogens with zero attached hydrogens (tertiary/aromatic N) is 15. The van der Waals surface area contributed by atoms with Gasteiger partial charge in [-0.3, -0.25) is 33.8 Å². The molecule has 0 atom stereocenters. The van der Waals surface area contributed by atoms with E-state index in [-0.39, 0.29) is 11.8 Å². The van der Waals surface area contributed by atoms with Crippen LogP contribution in [0.4, 0.5) is 21.8 Å². The fraction of sp³-hybridized carbons (Fsp3) is 0.362. The molecule has 137 heavy (non-hydrogen) atoms. The molecule has 0 spiro atoms. The van der Waals surface area contributed by atoms with E-state index in [1.165, 1.54) is 91.5 Å². The van der Waals surface area contributed by atoms with Gasteiger partial charge in [0.1, 0.15) is 57.8 Å². The van der Waals surface area contributed by atoms with Crippen LogP contribution in [0.25, 0.3) is 91.9 Å². The summed E-state index contributed by atoms with van der Waals surface area (Å²) >= 11 is 22.9. The van der Waals surface area contributed by atoms with Crippen molar-refractivity contribution in [3.8, 4) is 5.75 Å². The van der Waals surface area contributed by atoms with E-state index >= 15 is 0 Å². The maximum absolute atomic E-state index is 13.8. The lowest BCUT2D eigenvalue weighted by atomic mass is 9.84. The van der Waals surface area contributed by atoms with Gasteiger partial charge in [-0.25, -0.2) is 34.3 Å². The van der Waals surface area contributed by atoms with Gasteiger partial charge in [-0.2, -0.15) is 15.3 Å². The van der Waals surface area contributed by atoms with Crippen LogP contribution in [0.15, 0.2) is 124 Å². The van der Waals surface area contributed by atoms with Crippen LogP contribution in [0.1, 0.15) is 190 Å². The van der Waals surface area contributed by atoms with Crippen LogP contribution in [0.2, 0.25) is 10.0 Å². The highest BCUT2D eigenvalue weighted by atomic mass is 35.5. The standard InChI is InChI=1S/C23H31N3O2S.C18H17FN4S.C18H18N4OS.C18H18N4S.C16H20ClN3S.C12H11ClN2S/c1-13-10-14(2)25-22-19(13)17-12-24-21(20(17)29-22)26-16-8-6-15(7-9-16)11-18(27)28-23(3,4)5;1-10-8-11(2)21-18-14(10)15-16(24-18)17(22-23(15)3)20-9-12-6-4-5-7-13(12)19;1-11-4-9-14-15-16(24-18(14)20-11)17(21-22(15)2)19-10-12-5-7-13(23-3)8-6-12;1-11-4-7-13(8-5-11)10-19-17-16-15(22(3)21-17)14-9-6-12(2)20-18(14)23-16;1-8(2)5-6-18-15-14-11(7-19-15)12-9(3)13(17)10(4)20-16(12)21-14;1-5-9-8-4-14-7(3)11(8)16-12(9)15-6(2)10(5)13/h10,15-16H,6-9,11-12H2,1-5H3,(H,24,26);4-8H,9H2,1-3H3,(H,20,22);4-9H,10H2,1-3H3,(H,19,21);4-9H,10H2,1-3H3,(H,19,21);8H,5-7H2,1-4H3,(H,18,19);4H2,1-3H3. The summed E-state index contributed by atoms with van der Waals surface area (Å²) < 4.78 is 33.6. The number of esters is 1. The number of hydrogen-bond acceptors (Lipinski definition) is 26. The first-order valence-electron chi connectivity index (χ1n) is 46.3. The molecule has 15 aromatic heterocycles. The van der Waals surface area contributed by atoms with E-state index in [4.69, 9.17) is 42.7 Å². The second kappa shape index (κ2) is 40.9. The van der Waals surface area contributed by atoms with E-state index in [2.05, 4.69) is 206 Å². The Hall–Kier alpha value is -11.5. The Morgan fingerprint density at radius 2 is 0.949 bits per heavy atom. The van der Waals surface area contributed by atoms with Crippen molar-refractivity contribution in [2.24, 2.45) is 48.0 Å². The number of carbonyl (C=O) groups is 1. The number of rotatable bonds is 16. The molecule has 0 saturated heterocycles. The lowest BCUT2D eigenvalue weighted by Crippen LogP contribution is -2.37. The van der Waals surface area contributed by atoms with Crippen molar-refractivity contribution in [3.63, 3.8) is 0 Å². The van der Waals surface area contributed by atoms with Crippen molar-refractivity contribution in [2.75, 3.05) is 29.6 Å². The Balaban J connectivity index is 0.000000115. The summed E-state index contributed by atoms with van der Waals surface area (Å²) in [7, 11) is 7.58. The Labute approximate surface area is 831 Å². The smallest absolute Gasteiger partial charge is 0.306 e. The molecule has 1 saturated carbocycles. The molecule has 0 amide bonds. The Morgan fingerprint density at radius 3 is 1.49 bits per heavy atom. The maximum Gasteiger partial charge on any atom is 0.306 e. The molecule has 710 valence electrons. The minimum atomic E-state index is -0.399. The fourth-order valence-corrected chi connectivity index (χ4v) is 25.9. The number of ether oxygens (including phenoxy) is 2. The van der Waals surface area contributed by atoms with E-state index in [1.807, 2.05) is 115 Å². The minimum absolute atomic E-state index is 0.0674. The summed E-state index contributed by atoms with van der Waals surface area (Å²) in [4.78, 5) is 64.1. The van der Waals surface area contributed by atoms with Gasteiger partial charge in [-0.1, -0.05) is 97.2 Å². The maximum atomic E-state index is 13.8. The Morgan fingerprint density at radius 1 is 0.496 bits per heavy atom. The third-order valence-corrected chi connectivity index (χ3v) is 32.9. The van der Waals surface area contributed by atoms with Gasteiger partial charge in [-0.05, 0) is 236 Å². The predicted octanol–water partition coefficient (Wildman–Crippen LogP) is 26.5. The molecule has 32 heteroatoms. The largest absolute Gasteiger partial charge is 0.497 e. The van der Waals surface area contributed by atoms with E-state index in [1.54, 1.807) is 87.3 Å². The topological polar surface area (TPSA) is 264 Å². The average molecular weight is 1990 g/mol. The quantitative estimate of drug-likeness (QED) is 0.0563. The third kappa shape index (κ3) is 21.0. The molecule has 18 heterocycles. The third-order valence-electron chi connectivity index (χ3n) is 25.0. The second-order valence-electron chi connectivity index (χ2n) is 37.2. The highest BCUT2D eigenvalue weighted by molar-refractivity contribution is 7.27. The molecule has 0 unspecified atom stereocenters. The van der Waals surface area contributed by atoms with Crippen molar-refractivity contribution in [1.82, 2.24) is 69.9 Å². The van der Waals surface area contributed by atoms with Crippen molar-refractivity contribution in [2.45, 2.75) is 207 Å². The minimum Gasteiger partial charge on any atom is -0.497 e. The molecule has 23 nitrogen and oxygen atoms in total. The van der Waals surface area contributed by atoms with Crippen molar-refractivity contribution in [3.05, 3.63) is 235 Å². The summed E-state index contributed by atoms with van der Waals surface area (Å²) in [6.45, 7) is 40.0. The van der Waals surface area contributed by atoms with Crippen LogP contribution >= 0.6 is 91.2 Å². The van der Waals surface area contributed by atoms with Crippen LogP contribution in [0.5, 0.6) is 5.75 Å². The molecule has 18 aromatic rings. The first kappa shape index (κ1) is 97.2. The number of fused-ring (bicyclic) bond motifs is 18. The molecule has 5 N–H and O–H groups in total. The number of benzene rings is 3. The second-order valence-corrected chi connectivity index (χ2v) is 44.0. The number of aryl methyl sites for hydroxylation is 14. The number of anilines is 3. The van der Waals surface area contributed by atoms with Gasteiger partial charge >= 0.3 is 5.97 Å². The molecule has 1 fully saturated rings. The van der Waals surface area contributed by atoms with Gasteiger partial charge in [0.2, 0.25) is 0 Å². The zero-order valence-corrected chi connectivity index (χ0v) is 87.7. The lowest BCUT2D eigenvalue weighted by Gasteiger charge is -2.30. The van der Waals surface area contributed by atoms with Crippen LogP contribution in [-0.4, -0.2) is 108 Å². The number of nitrogens with one attached hydrogen (secondary N) is 5. The molecular weight excluding hydrogens is 1870 g/mol. The van der Waals surface area contributed by atoms with Gasteiger partial charge in [-0.15, -0.1) is 68.0 Å². The van der Waals surface area contributed by atoms with Gasteiger partial charge in [0, 0.05) is 143 Å². The van der Waals surface area contributed by atoms with Crippen LogP contribution in [0.3, 0.4) is 0 Å². The summed E-state index contributed by atoms with van der Waals surface area (Å²) in [6, 6.07) is 36.5. The predicted molar refractivity (Wildman–Crippen MR) is 574 cm³/mol. The van der Waals surface area contributed by atoms with Crippen molar-refractivity contribution in [1.29, 1.82) is 0 Å². The number of amidine groups is 2. The first-order valence-corrected chi connectivity index (χ1v) is 52.0. The number of methoxy groups -OCH3 is 1. The fourth-order valence-electron chi connectivity index (χ4n) is 18.1. The SMILES string of the molecule is CC1=NCc2c1sc1nc(C)c(Cl)c(C)c21.COc1ccc(CNc2nn(C)c3c2sc2nc(C)ccc23)cc1.Cc1cc(C)c2c(n1)sc1c(NCc3ccccc3F)nn(C)c12.Cc1cc(C)c2c3c(sc2n1)C(NC1CCC(CC(=O)OC(C)(C)C)CC1)=NC3.Cc1ccc(CNc2nn(C)c3c2sc2nc(C)ccc23)cc1.Cc1nc2sc3c(c2c(C)c1Cl)CN=C3NCCC(C)C. The van der Waals surface area contributed by atoms with E-state index in [0.717, 1.165) is 233 Å². The number of halogens is 3. The van der Waals surface area contributed by atoms with E-state index in [9.17, 15) is 9.18 Å². The van der Waals surface area contributed by atoms with Crippen LogP contribution < -0.4 is 31.3 Å². The average Bonchev–Trinajstić information content (AvgIpc) is 1.56.